The molecular weight excluding hydrogens is 234 g/mol. The van der Waals surface area contributed by atoms with Crippen LogP contribution < -0.4 is 5.32 Å². The number of halogens is 1. The molecule has 1 fully saturated rings. The Bertz CT molecular complexity index is 385. The van der Waals surface area contributed by atoms with E-state index in [0.717, 1.165) is 5.56 Å². The Morgan fingerprint density at radius 3 is 2.87 bits per heavy atom. The van der Waals surface area contributed by atoms with Crippen molar-refractivity contribution >= 4 is 29.3 Å². The van der Waals surface area contributed by atoms with Crippen LogP contribution in [0.3, 0.4) is 0 Å². The van der Waals surface area contributed by atoms with Crippen LogP contribution in [0.2, 0.25) is 5.02 Å². The highest BCUT2D eigenvalue weighted by molar-refractivity contribution is 7.99. The summed E-state index contributed by atoms with van der Waals surface area (Å²) >= 11 is 7.60. The van der Waals surface area contributed by atoms with Crippen molar-refractivity contribution in [2.75, 3.05) is 5.75 Å². The van der Waals surface area contributed by atoms with Gasteiger partial charge in [0.2, 0.25) is 0 Å². The summed E-state index contributed by atoms with van der Waals surface area (Å²) in [5, 5.41) is 12.5. The van der Waals surface area contributed by atoms with E-state index in [-0.39, 0.29) is 5.37 Å². The average molecular weight is 244 g/mol. The maximum atomic E-state index is 10.8. The second-order valence-electron chi connectivity index (χ2n) is 3.29. The lowest BCUT2D eigenvalue weighted by Crippen LogP contribution is -2.33. The van der Waals surface area contributed by atoms with Gasteiger partial charge in [0.15, 0.2) is 0 Å². The van der Waals surface area contributed by atoms with E-state index in [2.05, 4.69) is 5.32 Å². The first-order valence-corrected chi connectivity index (χ1v) is 5.96. The highest BCUT2D eigenvalue weighted by Gasteiger charge is 2.30. The normalized spacial score (nSPS) is 25.4. The molecule has 3 nitrogen and oxygen atoms in total. The number of rotatable bonds is 2. The molecule has 1 aliphatic rings. The molecule has 0 bridgehead atoms. The van der Waals surface area contributed by atoms with Crippen LogP contribution in [0.15, 0.2) is 24.3 Å². The van der Waals surface area contributed by atoms with Gasteiger partial charge >= 0.3 is 5.97 Å². The zero-order valence-electron chi connectivity index (χ0n) is 7.81. The minimum Gasteiger partial charge on any atom is -0.480 e. The smallest absolute Gasteiger partial charge is 0.321 e. The van der Waals surface area contributed by atoms with Gasteiger partial charge in [0.1, 0.15) is 6.04 Å². The van der Waals surface area contributed by atoms with E-state index in [1.54, 1.807) is 11.8 Å². The maximum Gasteiger partial charge on any atom is 0.321 e. The van der Waals surface area contributed by atoms with Gasteiger partial charge in [0.25, 0.3) is 0 Å². The molecular formula is C10H10ClNO2S. The molecule has 1 heterocycles. The van der Waals surface area contributed by atoms with Gasteiger partial charge in [0, 0.05) is 10.8 Å². The lowest BCUT2D eigenvalue weighted by Gasteiger charge is -2.12. The van der Waals surface area contributed by atoms with Gasteiger partial charge in [-0.1, -0.05) is 29.8 Å². The van der Waals surface area contributed by atoms with Crippen molar-refractivity contribution in [1.82, 2.24) is 5.32 Å². The molecule has 2 N–H and O–H groups in total. The number of benzene rings is 1. The third-order valence-electron chi connectivity index (χ3n) is 2.27. The number of nitrogens with one attached hydrogen (secondary N) is 1. The summed E-state index contributed by atoms with van der Waals surface area (Å²) in [5.74, 6) is -0.234. The van der Waals surface area contributed by atoms with Crippen molar-refractivity contribution in [3.63, 3.8) is 0 Å². The first-order valence-electron chi connectivity index (χ1n) is 4.53. The second kappa shape index (κ2) is 4.43. The van der Waals surface area contributed by atoms with Gasteiger partial charge in [-0.25, -0.2) is 0 Å². The molecule has 1 aromatic rings. The van der Waals surface area contributed by atoms with Gasteiger partial charge in [-0.05, 0) is 11.6 Å². The van der Waals surface area contributed by atoms with Gasteiger partial charge in [-0.15, -0.1) is 11.8 Å². The summed E-state index contributed by atoms with van der Waals surface area (Å²) in [6, 6.07) is 7.01. The number of carboxylic acids is 1. The van der Waals surface area contributed by atoms with Crippen LogP contribution in [-0.2, 0) is 4.79 Å². The third-order valence-corrected chi connectivity index (χ3v) is 3.86. The highest BCUT2D eigenvalue weighted by Crippen LogP contribution is 2.36. The number of hydrogen-bond donors (Lipinski definition) is 2. The quantitative estimate of drug-likeness (QED) is 0.836. The third kappa shape index (κ3) is 2.27. The fourth-order valence-corrected chi connectivity index (χ4v) is 3.06. The first kappa shape index (κ1) is 10.8. The summed E-state index contributed by atoms with van der Waals surface area (Å²) in [6.07, 6.45) is 0. The van der Waals surface area contributed by atoms with Crippen molar-refractivity contribution in [2.45, 2.75) is 11.4 Å². The van der Waals surface area contributed by atoms with Crippen LogP contribution in [0, 0.1) is 0 Å². The van der Waals surface area contributed by atoms with Crippen LogP contribution in [0.1, 0.15) is 10.9 Å². The molecule has 1 saturated heterocycles. The molecule has 0 aromatic heterocycles. The minimum absolute atomic E-state index is 0.0141. The average Bonchev–Trinajstić information content (AvgIpc) is 2.67. The van der Waals surface area contributed by atoms with Crippen LogP contribution >= 0.6 is 23.4 Å². The van der Waals surface area contributed by atoms with Crippen molar-refractivity contribution in [2.24, 2.45) is 0 Å². The molecule has 0 saturated carbocycles. The van der Waals surface area contributed by atoms with Crippen molar-refractivity contribution < 1.29 is 9.90 Å². The van der Waals surface area contributed by atoms with E-state index in [0.29, 0.717) is 10.8 Å². The standard InChI is InChI=1S/C10H10ClNO2S/c11-7-4-2-1-3-6(7)9-12-8(5-15-9)10(13)14/h1-4,8-9,12H,5H2,(H,13,14)/t8-,9?/m0/s1. The van der Waals surface area contributed by atoms with Crippen LogP contribution in [0.25, 0.3) is 0 Å². The van der Waals surface area contributed by atoms with E-state index in [1.165, 1.54) is 0 Å². The molecule has 0 aliphatic carbocycles. The number of hydrogen-bond acceptors (Lipinski definition) is 3. The SMILES string of the molecule is O=C(O)[C@@H]1CSC(c2ccccc2Cl)N1. The second-order valence-corrected chi connectivity index (χ2v) is 4.84. The molecule has 2 atom stereocenters. The first-order chi connectivity index (χ1) is 7.18. The summed E-state index contributed by atoms with van der Waals surface area (Å²) in [4.78, 5) is 10.8. The molecule has 1 aliphatic heterocycles. The van der Waals surface area contributed by atoms with Gasteiger partial charge < -0.3 is 5.11 Å². The molecule has 80 valence electrons. The Balaban J connectivity index is 2.14. The fourth-order valence-electron chi connectivity index (χ4n) is 1.48. The molecule has 1 unspecified atom stereocenters. The van der Waals surface area contributed by atoms with E-state index >= 15 is 0 Å². The molecule has 0 amide bonds. The predicted octanol–water partition coefficient (Wildman–Crippen LogP) is 2.13. The molecule has 5 heteroatoms. The van der Waals surface area contributed by atoms with Crippen molar-refractivity contribution in [3.8, 4) is 0 Å². The Kier molecular flexibility index (Phi) is 3.19. The lowest BCUT2D eigenvalue weighted by atomic mass is 10.2. The summed E-state index contributed by atoms with van der Waals surface area (Å²) < 4.78 is 0. The van der Waals surface area contributed by atoms with E-state index < -0.39 is 12.0 Å². The van der Waals surface area contributed by atoms with Gasteiger partial charge in [-0.2, -0.15) is 0 Å². The number of thioether (sulfide) groups is 1. The van der Waals surface area contributed by atoms with Gasteiger partial charge in [0.05, 0.1) is 5.37 Å². The number of aliphatic carboxylic acids is 1. The highest BCUT2D eigenvalue weighted by atomic mass is 35.5. The number of carbonyl (C=O) groups is 1. The zero-order chi connectivity index (χ0) is 10.8. The van der Waals surface area contributed by atoms with Crippen LogP contribution in [0.5, 0.6) is 0 Å². The Labute approximate surface area is 96.8 Å². The van der Waals surface area contributed by atoms with Crippen molar-refractivity contribution in [3.05, 3.63) is 34.9 Å². The van der Waals surface area contributed by atoms with Gasteiger partial charge in [-0.3, -0.25) is 10.1 Å². The zero-order valence-corrected chi connectivity index (χ0v) is 9.39. The van der Waals surface area contributed by atoms with Crippen molar-refractivity contribution in [1.29, 1.82) is 0 Å². The number of carboxylic acid groups (broad SMARTS) is 1. The predicted molar refractivity (Wildman–Crippen MR) is 61.2 cm³/mol. The monoisotopic (exact) mass is 243 g/mol. The Morgan fingerprint density at radius 2 is 2.27 bits per heavy atom. The summed E-state index contributed by atoms with van der Waals surface area (Å²) in [7, 11) is 0. The summed E-state index contributed by atoms with van der Waals surface area (Å²) in [5.41, 5.74) is 0.952. The Morgan fingerprint density at radius 1 is 1.53 bits per heavy atom. The topological polar surface area (TPSA) is 49.3 Å². The molecule has 2 rings (SSSR count). The molecule has 0 radical (unpaired) electrons. The van der Waals surface area contributed by atoms with E-state index in [1.807, 2.05) is 24.3 Å². The van der Waals surface area contributed by atoms with Crippen LogP contribution in [-0.4, -0.2) is 22.9 Å². The maximum absolute atomic E-state index is 10.8. The lowest BCUT2D eigenvalue weighted by molar-refractivity contribution is -0.138. The summed E-state index contributed by atoms with van der Waals surface area (Å²) in [6.45, 7) is 0. The molecule has 1 aromatic carbocycles. The fraction of sp³-hybridized carbons (Fsp3) is 0.300. The van der Waals surface area contributed by atoms with E-state index in [9.17, 15) is 4.79 Å². The Hall–Kier alpha value is -0.710. The largest absolute Gasteiger partial charge is 0.480 e. The minimum atomic E-state index is -0.808. The van der Waals surface area contributed by atoms with Crippen LogP contribution in [0.4, 0.5) is 0 Å². The van der Waals surface area contributed by atoms with E-state index in [4.69, 9.17) is 16.7 Å². The molecule has 15 heavy (non-hydrogen) atoms. The molecule has 0 spiro atoms.